The molecule has 0 bridgehead atoms. The van der Waals surface area contributed by atoms with Crippen molar-refractivity contribution in [2.75, 3.05) is 0 Å². The Morgan fingerprint density at radius 1 is 1.57 bits per heavy atom. The third-order valence-electron chi connectivity index (χ3n) is 2.93. The summed E-state index contributed by atoms with van der Waals surface area (Å²) in [6.45, 7) is 2.26. The van der Waals surface area contributed by atoms with Crippen molar-refractivity contribution >= 4 is 24.2 Å². The van der Waals surface area contributed by atoms with E-state index >= 15 is 0 Å². The van der Waals surface area contributed by atoms with Crippen LogP contribution in [0.2, 0.25) is 14.8 Å². The summed E-state index contributed by atoms with van der Waals surface area (Å²) in [5.74, 6) is 0.770. The van der Waals surface area contributed by atoms with Crippen molar-refractivity contribution in [3.63, 3.8) is 0 Å². The van der Waals surface area contributed by atoms with Crippen molar-refractivity contribution in [1.82, 2.24) is 0 Å². The first-order valence-electron chi connectivity index (χ1n) is 5.28. The van der Waals surface area contributed by atoms with E-state index in [1.165, 1.54) is 0 Å². The van der Waals surface area contributed by atoms with Crippen LogP contribution in [0, 0.1) is 5.92 Å². The molecule has 0 saturated heterocycles. The van der Waals surface area contributed by atoms with Gasteiger partial charge in [-0.2, -0.15) is 0 Å². The van der Waals surface area contributed by atoms with Gasteiger partial charge in [0.25, 0.3) is 0 Å². The topological polar surface area (TPSA) is 17.1 Å². The SMILES string of the molecule is C/[C](=C\CC1C=CC(=O)C1)[Sn]([CH3])([CH3])[CH3]. The van der Waals surface area contributed by atoms with Gasteiger partial charge in [-0.25, -0.2) is 0 Å². The summed E-state index contributed by atoms with van der Waals surface area (Å²) < 4.78 is 1.62. The molecule has 1 rings (SSSR count). The molecule has 1 unspecified atom stereocenters. The zero-order chi connectivity index (χ0) is 10.8. The van der Waals surface area contributed by atoms with Crippen LogP contribution >= 0.6 is 0 Å². The van der Waals surface area contributed by atoms with Crippen molar-refractivity contribution in [3.05, 3.63) is 21.8 Å². The molecule has 2 heteroatoms. The van der Waals surface area contributed by atoms with E-state index in [9.17, 15) is 4.79 Å². The zero-order valence-electron chi connectivity index (χ0n) is 9.63. The third kappa shape index (κ3) is 3.60. The van der Waals surface area contributed by atoms with Gasteiger partial charge in [0.05, 0.1) is 0 Å². The molecule has 1 atom stereocenters. The van der Waals surface area contributed by atoms with Gasteiger partial charge in [-0.15, -0.1) is 0 Å². The maximum atomic E-state index is 11.0. The van der Waals surface area contributed by atoms with E-state index in [2.05, 4.69) is 33.9 Å². The second kappa shape index (κ2) is 4.65. The van der Waals surface area contributed by atoms with Gasteiger partial charge < -0.3 is 0 Å². The first kappa shape index (κ1) is 12.0. The van der Waals surface area contributed by atoms with Crippen molar-refractivity contribution in [1.29, 1.82) is 0 Å². The summed E-state index contributed by atoms with van der Waals surface area (Å²) in [5, 5.41) is 0. The van der Waals surface area contributed by atoms with Crippen LogP contribution in [-0.4, -0.2) is 24.2 Å². The van der Waals surface area contributed by atoms with Crippen molar-refractivity contribution in [2.24, 2.45) is 5.92 Å². The van der Waals surface area contributed by atoms with Crippen LogP contribution in [0.15, 0.2) is 21.8 Å². The number of hydrogen-bond acceptors (Lipinski definition) is 1. The Balaban J connectivity index is 2.48. The summed E-state index contributed by atoms with van der Waals surface area (Å²) >= 11 is -1.79. The molecule has 0 heterocycles. The molecule has 0 aliphatic heterocycles. The first-order chi connectivity index (χ1) is 6.39. The fourth-order valence-corrected chi connectivity index (χ4v) is 3.52. The van der Waals surface area contributed by atoms with Crippen LogP contribution in [0.4, 0.5) is 0 Å². The first-order valence-corrected chi connectivity index (χ1v) is 15.3. The van der Waals surface area contributed by atoms with E-state index in [1.807, 2.05) is 0 Å². The van der Waals surface area contributed by atoms with Gasteiger partial charge in [-0.3, -0.25) is 0 Å². The third-order valence-corrected chi connectivity index (χ3v) is 10.3. The average Bonchev–Trinajstić information content (AvgIpc) is 2.45. The minimum atomic E-state index is -1.79. The number of allylic oxidation sites excluding steroid dienone is 4. The normalized spacial score (nSPS) is 23.3. The van der Waals surface area contributed by atoms with E-state index in [-0.39, 0.29) is 0 Å². The summed E-state index contributed by atoms with van der Waals surface area (Å²) in [6, 6.07) is 0. The Bertz CT molecular complexity index is 281. The molecule has 14 heavy (non-hydrogen) atoms. The van der Waals surface area contributed by atoms with E-state index in [0.717, 1.165) is 12.8 Å². The second-order valence-electron chi connectivity index (χ2n) is 5.16. The number of hydrogen-bond donors (Lipinski definition) is 0. The summed E-state index contributed by atoms with van der Waals surface area (Å²) in [6.07, 6.45) is 7.94. The van der Waals surface area contributed by atoms with E-state index < -0.39 is 18.4 Å². The van der Waals surface area contributed by atoms with E-state index in [1.54, 1.807) is 9.67 Å². The summed E-state index contributed by atoms with van der Waals surface area (Å²) in [4.78, 5) is 18.3. The van der Waals surface area contributed by atoms with E-state index in [0.29, 0.717) is 11.7 Å². The molecular weight excluding hydrogens is 279 g/mol. The molecule has 1 nitrogen and oxygen atoms in total. The number of carbonyl (C=O) groups is 1. The molecule has 0 radical (unpaired) electrons. The predicted octanol–water partition coefficient (Wildman–Crippen LogP) is 3.35. The Morgan fingerprint density at radius 3 is 2.64 bits per heavy atom. The maximum absolute atomic E-state index is 11.0. The van der Waals surface area contributed by atoms with Gasteiger partial charge in [0.15, 0.2) is 0 Å². The average molecular weight is 299 g/mol. The number of rotatable bonds is 3. The van der Waals surface area contributed by atoms with Gasteiger partial charge in [-0.05, 0) is 0 Å². The van der Waals surface area contributed by atoms with Crippen LogP contribution < -0.4 is 0 Å². The standard InChI is InChI=1S/C9H11O.3CH3.Sn/c1-2-3-4-8-5-6-9(10)7-8;;;;/h3,5-6,8H,4,7H2,1H3;3*1H3;. The van der Waals surface area contributed by atoms with Crippen LogP contribution in [0.25, 0.3) is 0 Å². The monoisotopic (exact) mass is 300 g/mol. The van der Waals surface area contributed by atoms with Gasteiger partial charge in [0.2, 0.25) is 0 Å². The molecular formula is C12H20OSn. The molecule has 0 spiro atoms. The summed E-state index contributed by atoms with van der Waals surface area (Å²) in [7, 11) is 0. The molecule has 0 saturated carbocycles. The van der Waals surface area contributed by atoms with Crippen molar-refractivity contribution in [3.8, 4) is 0 Å². The Hall–Kier alpha value is -0.0513. The van der Waals surface area contributed by atoms with Crippen LogP contribution in [0.3, 0.4) is 0 Å². The van der Waals surface area contributed by atoms with Crippen LogP contribution in [0.1, 0.15) is 19.8 Å². The van der Waals surface area contributed by atoms with Gasteiger partial charge >= 0.3 is 91.3 Å². The quantitative estimate of drug-likeness (QED) is 0.730. The molecule has 0 N–H and O–H groups in total. The van der Waals surface area contributed by atoms with Gasteiger partial charge in [0, 0.05) is 0 Å². The molecule has 0 fully saturated rings. The fraction of sp³-hybridized carbons (Fsp3) is 0.583. The molecule has 0 aromatic heterocycles. The van der Waals surface area contributed by atoms with Crippen molar-refractivity contribution in [2.45, 2.75) is 34.6 Å². The number of carbonyl (C=O) groups excluding carboxylic acids is 1. The van der Waals surface area contributed by atoms with E-state index in [4.69, 9.17) is 0 Å². The van der Waals surface area contributed by atoms with Crippen LogP contribution in [0.5, 0.6) is 0 Å². The molecule has 1 aliphatic carbocycles. The van der Waals surface area contributed by atoms with Crippen LogP contribution in [-0.2, 0) is 4.79 Å². The summed E-state index contributed by atoms with van der Waals surface area (Å²) in [5.41, 5.74) is 0. The minimum absolute atomic E-state index is 0.292. The van der Waals surface area contributed by atoms with Crippen molar-refractivity contribution < 1.29 is 4.79 Å². The number of ketones is 1. The molecule has 1 aliphatic rings. The Labute approximate surface area is 91.1 Å². The second-order valence-corrected chi connectivity index (χ2v) is 20.3. The Kier molecular flexibility index (Phi) is 3.99. The molecule has 78 valence electrons. The molecule has 0 aromatic carbocycles. The fourth-order valence-electron chi connectivity index (χ4n) is 1.43. The van der Waals surface area contributed by atoms with Gasteiger partial charge in [0.1, 0.15) is 0 Å². The predicted molar refractivity (Wildman–Crippen MR) is 64.0 cm³/mol. The Morgan fingerprint density at radius 2 is 2.21 bits per heavy atom. The molecule has 0 amide bonds. The zero-order valence-corrected chi connectivity index (χ0v) is 12.5. The van der Waals surface area contributed by atoms with Gasteiger partial charge in [-0.1, -0.05) is 0 Å². The molecule has 0 aromatic rings.